The van der Waals surface area contributed by atoms with Crippen molar-refractivity contribution in [2.45, 2.75) is 96.9 Å². The van der Waals surface area contributed by atoms with Gasteiger partial charge in [-0.3, -0.25) is 38.4 Å². The van der Waals surface area contributed by atoms with Crippen LogP contribution in [0, 0.1) is 16.7 Å². The normalized spacial score (nSPS) is 24.2. The highest BCUT2D eigenvalue weighted by molar-refractivity contribution is 5.78. The van der Waals surface area contributed by atoms with Gasteiger partial charge in [-0.05, 0) is 77.8 Å². The maximum atomic E-state index is 12.6. The number of nitrogens with one attached hydrogen (secondary N) is 4. The number of hydrogen-bond acceptors (Lipinski definition) is 10. The second-order valence-corrected chi connectivity index (χ2v) is 16.2. The number of aliphatic carboxylic acids is 8. The predicted molar refractivity (Wildman–Crippen MR) is 215 cm³/mol. The van der Waals surface area contributed by atoms with Gasteiger partial charge in [0.25, 0.3) is 0 Å². The van der Waals surface area contributed by atoms with Crippen molar-refractivity contribution in [1.82, 2.24) is 20.6 Å². The molecular formula is C42H48N4O16. The van der Waals surface area contributed by atoms with Gasteiger partial charge in [0.2, 0.25) is 0 Å². The molecule has 0 spiro atoms. The molecule has 62 heavy (non-hydrogen) atoms. The van der Waals surface area contributed by atoms with Gasteiger partial charge in [0.1, 0.15) is 0 Å². The molecule has 0 amide bonds. The van der Waals surface area contributed by atoms with Crippen LogP contribution >= 0.6 is 0 Å². The lowest BCUT2D eigenvalue weighted by atomic mass is 9.71. The number of rotatable bonds is 20. The summed E-state index contributed by atoms with van der Waals surface area (Å²) in [6.07, 6.45) is 1.09. The van der Waals surface area contributed by atoms with Crippen LogP contribution in [0.5, 0.6) is 0 Å². The third-order valence-corrected chi connectivity index (χ3v) is 11.9. The lowest BCUT2D eigenvalue weighted by Gasteiger charge is -2.31. The van der Waals surface area contributed by atoms with E-state index in [9.17, 15) is 79.2 Å². The van der Waals surface area contributed by atoms with Crippen molar-refractivity contribution in [2.24, 2.45) is 16.7 Å². The van der Waals surface area contributed by atoms with Crippen molar-refractivity contribution >= 4 is 66.0 Å². The van der Waals surface area contributed by atoms with E-state index in [-0.39, 0.29) is 87.1 Å². The predicted octanol–water partition coefficient (Wildman–Crippen LogP) is 1.62. The Kier molecular flexibility index (Phi) is 13.5. The molecule has 8 bridgehead atoms. The summed E-state index contributed by atoms with van der Waals surface area (Å²) >= 11 is 0. The van der Waals surface area contributed by atoms with Gasteiger partial charge in [0.15, 0.2) is 0 Å². The van der Waals surface area contributed by atoms with E-state index in [2.05, 4.69) is 20.6 Å². The molecule has 2 aromatic rings. The number of aromatic nitrogens is 2. The molecule has 20 heteroatoms. The van der Waals surface area contributed by atoms with Crippen LogP contribution in [0.15, 0.2) is 28.7 Å². The number of H-pyrrole nitrogens is 2. The molecule has 20 nitrogen and oxygen atoms in total. The molecule has 332 valence electrons. The third-order valence-electron chi connectivity index (χ3n) is 11.9. The number of aromatic amines is 2. The van der Waals surface area contributed by atoms with E-state index < -0.39 is 122 Å². The summed E-state index contributed by atoms with van der Waals surface area (Å²) in [5.41, 5.74) is -0.767. The molecule has 0 radical (unpaired) electrons. The number of fused-ring (bicyclic) bond motifs is 8. The largest absolute Gasteiger partial charge is 0.481 e. The van der Waals surface area contributed by atoms with Crippen molar-refractivity contribution in [2.75, 3.05) is 0 Å². The topological polar surface area (TPSA) is 354 Å². The van der Waals surface area contributed by atoms with Crippen LogP contribution in [0.1, 0.15) is 98.9 Å². The van der Waals surface area contributed by atoms with Crippen LogP contribution < -0.4 is 21.3 Å². The van der Waals surface area contributed by atoms with E-state index in [1.54, 1.807) is 13.8 Å². The Labute approximate surface area is 352 Å². The lowest BCUT2D eigenvalue weighted by molar-refractivity contribution is -0.140. The average molecular weight is 865 g/mol. The first kappa shape index (κ1) is 46.0. The van der Waals surface area contributed by atoms with Gasteiger partial charge >= 0.3 is 47.8 Å². The van der Waals surface area contributed by atoms with Crippen LogP contribution in [0.3, 0.4) is 0 Å². The lowest BCUT2D eigenvalue weighted by Crippen LogP contribution is -2.39. The fraction of sp³-hybridized carbons (Fsp3) is 0.429. The molecule has 3 aliphatic rings. The third kappa shape index (κ3) is 10.1. The molecular weight excluding hydrogens is 816 g/mol. The summed E-state index contributed by atoms with van der Waals surface area (Å²) in [5, 5.41) is 86.6. The van der Waals surface area contributed by atoms with Crippen molar-refractivity contribution in [3.05, 3.63) is 73.1 Å². The summed E-state index contributed by atoms with van der Waals surface area (Å²) < 4.78 is 0. The fourth-order valence-electron chi connectivity index (χ4n) is 9.08. The summed E-state index contributed by atoms with van der Waals surface area (Å²) in [7, 11) is 0. The molecule has 1 fully saturated rings. The molecule has 5 rings (SSSR count). The highest BCUT2D eigenvalue weighted by atomic mass is 16.4. The first-order valence-electron chi connectivity index (χ1n) is 19.6. The van der Waals surface area contributed by atoms with E-state index in [4.69, 9.17) is 0 Å². The Hall–Kier alpha value is -7.12. The van der Waals surface area contributed by atoms with Gasteiger partial charge in [0.05, 0.1) is 31.7 Å². The number of carboxylic acids is 8. The Balaban J connectivity index is 2.02. The van der Waals surface area contributed by atoms with Gasteiger partial charge in [-0.25, -0.2) is 0 Å². The van der Waals surface area contributed by atoms with Gasteiger partial charge in [-0.15, -0.1) is 0 Å². The van der Waals surface area contributed by atoms with Crippen LogP contribution in [-0.4, -0.2) is 105 Å². The summed E-state index contributed by atoms with van der Waals surface area (Å²) in [5.74, 6) is -10.9. The zero-order chi connectivity index (χ0) is 45.8. The SMILES string of the molecule is CC1(CC(=O)O)C(CCC(=O)O)=C2/C=C3\N/C(=C\c4[nH]c(c(CCC(=O)O)c4CC(=O)O)/C=c4\[nH]/c(c(CC(=O)O)c4CCC(=O)O)=C\C1N2)C(CCC(=O)O)C3(C)CC(=O)O. The second-order valence-electron chi connectivity index (χ2n) is 16.2. The smallest absolute Gasteiger partial charge is 0.307 e. The molecule has 4 unspecified atom stereocenters. The Morgan fingerprint density at radius 2 is 1.08 bits per heavy atom. The highest BCUT2D eigenvalue weighted by Crippen LogP contribution is 2.52. The summed E-state index contributed by atoms with van der Waals surface area (Å²) in [4.78, 5) is 104. The standard InChI is InChI=1S/C42H48N4O16/c1-41(17-39(59)60)23(5-9-35(51)52)29-14-27-21(11-37(55)56)19(3-7-33(47)48)25(43-27)13-26-20(4-8-34(49)50)22(12-38(57)58)28(44-26)15-31-42(2,18-40(61)62)24(6-10-36(53)54)30(46-31)16-32(41)45-29/h13-16,23,31,43-46H,3-12,17-18H2,1-2H3,(H,47,48)(H,49,50)(H,51,52)(H,53,54)(H,55,56)(H,57,58)(H,59,60)(H,61,62)/b26-13-,28-15-,29-14-,32-16-. The van der Waals surface area contributed by atoms with E-state index in [1.165, 1.54) is 24.3 Å². The minimum absolute atomic E-state index is 0.120. The van der Waals surface area contributed by atoms with E-state index in [0.29, 0.717) is 5.57 Å². The molecule has 3 aliphatic heterocycles. The van der Waals surface area contributed by atoms with Crippen LogP contribution in [0.2, 0.25) is 0 Å². The maximum absolute atomic E-state index is 12.6. The van der Waals surface area contributed by atoms with Crippen molar-refractivity contribution in [3.63, 3.8) is 0 Å². The van der Waals surface area contributed by atoms with Crippen molar-refractivity contribution in [3.8, 4) is 0 Å². The second kappa shape index (κ2) is 18.2. The Bertz CT molecular complexity index is 2470. The minimum atomic E-state index is -1.43. The summed E-state index contributed by atoms with van der Waals surface area (Å²) in [6.45, 7) is 3.18. The molecule has 0 saturated carbocycles. The first-order valence-corrected chi connectivity index (χ1v) is 19.6. The molecule has 4 atom stereocenters. The van der Waals surface area contributed by atoms with Crippen LogP contribution in [-0.2, 0) is 64.0 Å². The molecule has 12 N–H and O–H groups in total. The zero-order valence-corrected chi connectivity index (χ0v) is 33.8. The Morgan fingerprint density at radius 1 is 0.548 bits per heavy atom. The quantitative estimate of drug-likeness (QED) is 0.0899. The number of carbonyl (C=O) groups is 8. The minimum Gasteiger partial charge on any atom is -0.481 e. The van der Waals surface area contributed by atoms with Gasteiger partial charge in [-0.2, -0.15) is 0 Å². The van der Waals surface area contributed by atoms with Gasteiger partial charge in [-0.1, -0.05) is 13.8 Å². The molecule has 5 heterocycles. The van der Waals surface area contributed by atoms with E-state index in [1.807, 2.05) is 0 Å². The average Bonchev–Trinajstić information content (AvgIpc) is 3.77. The van der Waals surface area contributed by atoms with Gasteiger partial charge in [0, 0.05) is 81.6 Å². The van der Waals surface area contributed by atoms with E-state index in [0.717, 1.165) is 0 Å². The number of hydrogen-bond donors (Lipinski definition) is 12. The van der Waals surface area contributed by atoms with Gasteiger partial charge < -0.3 is 61.5 Å². The van der Waals surface area contributed by atoms with E-state index >= 15 is 0 Å². The van der Waals surface area contributed by atoms with Crippen molar-refractivity contribution < 1.29 is 79.2 Å². The fourth-order valence-corrected chi connectivity index (χ4v) is 9.08. The maximum Gasteiger partial charge on any atom is 0.307 e. The molecule has 2 aromatic heterocycles. The number of carboxylic acid groups (broad SMARTS) is 8. The zero-order valence-electron chi connectivity index (χ0n) is 33.8. The monoisotopic (exact) mass is 864 g/mol. The Morgan fingerprint density at radius 3 is 1.65 bits per heavy atom. The molecule has 0 aromatic carbocycles. The molecule has 1 saturated heterocycles. The summed E-state index contributed by atoms with van der Waals surface area (Å²) in [6, 6.07) is -1.02. The first-order chi connectivity index (χ1) is 29.0. The highest BCUT2D eigenvalue weighted by Gasteiger charge is 2.50. The van der Waals surface area contributed by atoms with Crippen molar-refractivity contribution in [1.29, 1.82) is 0 Å². The molecule has 0 aliphatic carbocycles. The van der Waals surface area contributed by atoms with Crippen LogP contribution in [0.4, 0.5) is 0 Å². The number of allylic oxidation sites excluding steroid dienone is 3. The van der Waals surface area contributed by atoms with Crippen LogP contribution in [0.25, 0.3) is 18.2 Å².